The molecule has 2 aromatic carbocycles. The van der Waals surface area contributed by atoms with Gasteiger partial charge in [0, 0.05) is 16.8 Å². The first kappa shape index (κ1) is 13.9. The van der Waals surface area contributed by atoms with Gasteiger partial charge in [-0.05, 0) is 42.5 Å². The van der Waals surface area contributed by atoms with Crippen LogP contribution in [0.4, 0.5) is 14.5 Å². The molecule has 0 aliphatic rings. The van der Waals surface area contributed by atoms with Gasteiger partial charge < -0.3 is 10.7 Å². The van der Waals surface area contributed by atoms with Crippen molar-refractivity contribution in [3.8, 4) is 22.6 Å². The third kappa shape index (κ3) is 2.56. The van der Waals surface area contributed by atoms with Crippen LogP contribution in [-0.4, -0.2) is 15.2 Å². The first-order valence-electron chi connectivity index (χ1n) is 6.33. The van der Waals surface area contributed by atoms with Crippen LogP contribution >= 0.6 is 0 Å². The second-order valence-electron chi connectivity index (χ2n) is 4.59. The van der Waals surface area contributed by atoms with Crippen LogP contribution in [-0.2, 0) is 0 Å². The lowest BCUT2D eigenvalue weighted by molar-refractivity contribution is 0.627. The zero-order valence-corrected chi connectivity index (χ0v) is 11.2. The molecule has 0 radical (unpaired) electrons. The number of hydrogen-bond donors (Lipinski definition) is 2. The zero-order valence-electron chi connectivity index (χ0n) is 11.2. The number of halogens is 2. The monoisotopic (exact) mass is 300 g/mol. The van der Waals surface area contributed by atoms with Crippen LogP contribution in [0.25, 0.3) is 22.6 Å². The normalized spacial score (nSPS) is 10.6. The van der Waals surface area contributed by atoms with Crippen LogP contribution in [0.15, 0.2) is 47.3 Å². The number of nitrogens with zero attached hydrogens (tertiary/aromatic N) is 2. The average Bonchev–Trinajstić information content (AvgIpc) is 2.48. The van der Waals surface area contributed by atoms with Gasteiger partial charge in [0.2, 0.25) is 0 Å². The lowest BCUT2D eigenvalue weighted by Crippen LogP contribution is -2.14. The van der Waals surface area contributed by atoms with E-state index in [0.717, 1.165) is 6.07 Å². The van der Waals surface area contributed by atoms with E-state index in [1.807, 2.05) is 0 Å². The van der Waals surface area contributed by atoms with E-state index in [-0.39, 0.29) is 17.2 Å². The van der Waals surface area contributed by atoms with E-state index in [0.29, 0.717) is 11.1 Å². The Hall–Kier alpha value is -3.09. The lowest BCUT2D eigenvalue weighted by Gasteiger charge is -2.05. The number of nitrogen functional groups attached to an aromatic ring is 1. The second kappa shape index (κ2) is 5.36. The highest BCUT2D eigenvalue weighted by Gasteiger charge is 2.11. The Bertz CT molecular complexity index is 891. The minimum Gasteiger partial charge on any atom is -0.398 e. The topological polar surface area (TPSA) is 84.7 Å². The summed E-state index contributed by atoms with van der Waals surface area (Å²) in [5.41, 5.74) is 6.21. The van der Waals surface area contributed by atoms with Gasteiger partial charge in [-0.2, -0.15) is 0 Å². The molecule has 0 aliphatic heterocycles. The molecule has 0 bridgehead atoms. The number of nitrogens with one attached hydrogen (secondary N) is 1. The molecule has 0 aliphatic carbocycles. The maximum atomic E-state index is 13.0. The number of hydrogen-bond acceptors (Lipinski definition) is 4. The summed E-state index contributed by atoms with van der Waals surface area (Å²) < 4.78 is 25.9. The Morgan fingerprint density at radius 3 is 2.27 bits per heavy atom. The van der Waals surface area contributed by atoms with Gasteiger partial charge in [0.15, 0.2) is 11.5 Å². The number of H-pyrrole nitrogens is 1. The third-order valence-electron chi connectivity index (χ3n) is 3.08. The standard InChI is InChI=1S/C15H10F2N4O/c16-9-3-1-8(2-4-9)13-15(22)19-14(21-20-13)11-6-5-10(17)7-12(11)18/h1-7H,18H2,(H,19,21,22). The lowest BCUT2D eigenvalue weighted by atomic mass is 10.1. The zero-order chi connectivity index (χ0) is 15.7. The molecule has 0 saturated heterocycles. The van der Waals surface area contributed by atoms with E-state index >= 15 is 0 Å². The van der Waals surface area contributed by atoms with E-state index < -0.39 is 17.2 Å². The van der Waals surface area contributed by atoms with E-state index in [1.54, 1.807) is 0 Å². The van der Waals surface area contributed by atoms with Gasteiger partial charge in [-0.3, -0.25) is 4.79 Å². The maximum absolute atomic E-state index is 13.0. The van der Waals surface area contributed by atoms with Crippen LogP contribution < -0.4 is 11.3 Å². The minimum atomic E-state index is -0.500. The molecule has 1 heterocycles. The van der Waals surface area contributed by atoms with Crippen molar-refractivity contribution in [2.24, 2.45) is 0 Å². The molecule has 0 unspecified atom stereocenters. The van der Waals surface area contributed by atoms with Crippen molar-refractivity contribution in [3.63, 3.8) is 0 Å². The number of nitrogens with two attached hydrogens (primary N) is 1. The minimum absolute atomic E-state index is 0.0597. The fraction of sp³-hybridized carbons (Fsp3) is 0. The summed E-state index contributed by atoms with van der Waals surface area (Å²) in [6.45, 7) is 0. The highest BCUT2D eigenvalue weighted by molar-refractivity contribution is 5.71. The molecule has 3 rings (SSSR count). The predicted octanol–water partition coefficient (Wildman–Crippen LogP) is 2.36. The van der Waals surface area contributed by atoms with Gasteiger partial charge in [-0.25, -0.2) is 8.78 Å². The fourth-order valence-electron chi connectivity index (χ4n) is 2.00. The van der Waals surface area contributed by atoms with E-state index in [2.05, 4.69) is 15.2 Å². The van der Waals surface area contributed by atoms with Crippen LogP contribution in [0.1, 0.15) is 0 Å². The Morgan fingerprint density at radius 2 is 1.64 bits per heavy atom. The number of benzene rings is 2. The molecule has 5 nitrogen and oxygen atoms in total. The Balaban J connectivity index is 2.06. The van der Waals surface area contributed by atoms with Crippen molar-refractivity contribution in [2.45, 2.75) is 0 Å². The molecule has 0 amide bonds. The van der Waals surface area contributed by atoms with Crippen molar-refractivity contribution in [2.75, 3.05) is 5.73 Å². The van der Waals surface area contributed by atoms with Crippen molar-refractivity contribution in [1.82, 2.24) is 15.2 Å². The molecule has 22 heavy (non-hydrogen) atoms. The van der Waals surface area contributed by atoms with Gasteiger partial charge in [0.1, 0.15) is 11.6 Å². The fourth-order valence-corrected chi connectivity index (χ4v) is 2.00. The first-order valence-corrected chi connectivity index (χ1v) is 6.33. The molecule has 7 heteroatoms. The van der Waals surface area contributed by atoms with Crippen molar-refractivity contribution in [3.05, 3.63) is 64.5 Å². The van der Waals surface area contributed by atoms with Crippen molar-refractivity contribution in [1.29, 1.82) is 0 Å². The van der Waals surface area contributed by atoms with Gasteiger partial charge in [-0.1, -0.05) is 0 Å². The molecule has 0 atom stereocenters. The Kier molecular flexibility index (Phi) is 3.38. The predicted molar refractivity (Wildman–Crippen MR) is 77.9 cm³/mol. The molecule has 110 valence electrons. The van der Waals surface area contributed by atoms with Crippen LogP contribution in [0.3, 0.4) is 0 Å². The SMILES string of the molecule is Nc1cc(F)ccc1-c1nnc(-c2ccc(F)cc2)c(=O)[nH]1. The largest absolute Gasteiger partial charge is 0.398 e. The smallest absolute Gasteiger partial charge is 0.278 e. The Labute approximate surface area is 123 Å². The highest BCUT2D eigenvalue weighted by atomic mass is 19.1. The maximum Gasteiger partial charge on any atom is 0.278 e. The summed E-state index contributed by atoms with van der Waals surface area (Å²) in [5.74, 6) is -0.767. The van der Waals surface area contributed by atoms with Crippen LogP contribution in [0.5, 0.6) is 0 Å². The molecule has 0 saturated carbocycles. The summed E-state index contributed by atoms with van der Waals surface area (Å²) in [6, 6.07) is 9.05. The number of aromatic amines is 1. The molecule has 3 aromatic rings. The van der Waals surface area contributed by atoms with Gasteiger partial charge in [-0.15, -0.1) is 10.2 Å². The quantitative estimate of drug-likeness (QED) is 0.711. The average molecular weight is 300 g/mol. The van der Waals surface area contributed by atoms with Gasteiger partial charge >= 0.3 is 0 Å². The molecule has 1 aromatic heterocycles. The molecule has 3 N–H and O–H groups in total. The summed E-state index contributed by atoms with van der Waals surface area (Å²) in [5, 5.41) is 7.75. The molecule has 0 spiro atoms. The number of anilines is 1. The molecule has 0 fully saturated rings. The van der Waals surface area contributed by atoms with Gasteiger partial charge in [0.25, 0.3) is 5.56 Å². The van der Waals surface area contributed by atoms with Gasteiger partial charge in [0.05, 0.1) is 0 Å². The number of rotatable bonds is 2. The third-order valence-corrected chi connectivity index (χ3v) is 3.08. The van der Waals surface area contributed by atoms with E-state index in [1.165, 1.54) is 36.4 Å². The summed E-state index contributed by atoms with van der Waals surface area (Å²) >= 11 is 0. The molecular formula is C15H10F2N4O. The van der Waals surface area contributed by atoms with Crippen LogP contribution in [0.2, 0.25) is 0 Å². The van der Waals surface area contributed by atoms with Crippen LogP contribution in [0, 0.1) is 11.6 Å². The summed E-state index contributed by atoms with van der Waals surface area (Å²) in [6.07, 6.45) is 0. The summed E-state index contributed by atoms with van der Waals surface area (Å²) in [4.78, 5) is 14.7. The van der Waals surface area contributed by atoms with Crippen molar-refractivity contribution >= 4 is 5.69 Å². The first-order chi connectivity index (χ1) is 10.5. The Morgan fingerprint density at radius 1 is 0.955 bits per heavy atom. The van der Waals surface area contributed by atoms with Crippen molar-refractivity contribution < 1.29 is 8.78 Å². The van der Waals surface area contributed by atoms with E-state index in [4.69, 9.17) is 5.73 Å². The highest BCUT2D eigenvalue weighted by Crippen LogP contribution is 2.22. The summed E-state index contributed by atoms with van der Waals surface area (Å²) in [7, 11) is 0. The number of aromatic nitrogens is 3. The molecular weight excluding hydrogens is 290 g/mol. The van der Waals surface area contributed by atoms with E-state index in [9.17, 15) is 13.6 Å². The second-order valence-corrected chi connectivity index (χ2v) is 4.59.